The summed E-state index contributed by atoms with van der Waals surface area (Å²) in [5.41, 5.74) is 4.41. The molecule has 1 amide bonds. The van der Waals surface area contributed by atoms with E-state index >= 15 is 0 Å². The Balaban J connectivity index is 1.46. The van der Waals surface area contributed by atoms with Crippen molar-refractivity contribution in [2.24, 2.45) is 0 Å². The van der Waals surface area contributed by atoms with E-state index in [1.54, 1.807) is 0 Å². The van der Waals surface area contributed by atoms with Crippen molar-refractivity contribution in [2.75, 3.05) is 13.2 Å². The Labute approximate surface area is 182 Å². The third-order valence-electron chi connectivity index (χ3n) is 4.89. The number of nitrogens with one attached hydrogen (secondary N) is 1. The van der Waals surface area contributed by atoms with Gasteiger partial charge in [-0.3, -0.25) is 9.48 Å². The van der Waals surface area contributed by atoms with Crippen molar-refractivity contribution < 1.29 is 9.53 Å². The molecular formula is C26H25N3O2. The van der Waals surface area contributed by atoms with Gasteiger partial charge in [-0.2, -0.15) is 5.10 Å². The van der Waals surface area contributed by atoms with E-state index in [1.807, 2.05) is 103 Å². The Bertz CT molecular complexity index is 1140. The minimum atomic E-state index is -0.161. The maximum absolute atomic E-state index is 13.0. The number of ether oxygens (including phenoxy) is 1. The molecule has 5 nitrogen and oxygen atoms in total. The lowest BCUT2D eigenvalue weighted by atomic mass is 10.1. The Morgan fingerprint density at radius 3 is 2.45 bits per heavy atom. The molecule has 31 heavy (non-hydrogen) atoms. The molecule has 5 heteroatoms. The molecule has 0 aliphatic heterocycles. The first kappa shape index (κ1) is 20.4. The lowest BCUT2D eigenvalue weighted by molar-refractivity contribution is 0.0947. The molecule has 0 aliphatic rings. The monoisotopic (exact) mass is 411 g/mol. The smallest absolute Gasteiger partial charge is 0.255 e. The molecule has 0 atom stereocenters. The van der Waals surface area contributed by atoms with E-state index in [2.05, 4.69) is 5.32 Å². The van der Waals surface area contributed by atoms with Gasteiger partial charge in [-0.25, -0.2) is 0 Å². The summed E-state index contributed by atoms with van der Waals surface area (Å²) in [6.07, 6.45) is 1.81. The number of hydrogen-bond acceptors (Lipinski definition) is 3. The van der Waals surface area contributed by atoms with Crippen LogP contribution in [0, 0.1) is 6.92 Å². The summed E-state index contributed by atoms with van der Waals surface area (Å²) in [5, 5.41) is 7.66. The van der Waals surface area contributed by atoms with Gasteiger partial charge < -0.3 is 10.1 Å². The number of benzene rings is 3. The fraction of sp³-hybridized carbons (Fsp3) is 0.154. The van der Waals surface area contributed by atoms with Gasteiger partial charge in [0.15, 0.2) is 0 Å². The fourth-order valence-electron chi connectivity index (χ4n) is 3.38. The van der Waals surface area contributed by atoms with Crippen LogP contribution in [0.15, 0.2) is 91.1 Å². The number of aromatic nitrogens is 2. The van der Waals surface area contributed by atoms with Crippen molar-refractivity contribution in [1.82, 2.24) is 15.1 Å². The lowest BCUT2D eigenvalue weighted by Gasteiger charge is -2.08. The highest BCUT2D eigenvalue weighted by Gasteiger charge is 2.18. The van der Waals surface area contributed by atoms with Crippen molar-refractivity contribution >= 4 is 5.91 Å². The molecule has 1 aromatic heterocycles. The van der Waals surface area contributed by atoms with E-state index in [9.17, 15) is 4.79 Å². The predicted octanol–water partition coefficient (Wildman–Crippen LogP) is 4.72. The standard InChI is InChI=1S/C26H25N3O2/c1-20-9-8-14-23(17-20)31-16-15-27-26(30)24-19-29(18-21-10-4-2-5-11-21)28-25(24)22-12-6-3-7-13-22/h2-14,17,19H,15-16,18H2,1H3,(H,27,30). The van der Waals surface area contributed by atoms with Gasteiger partial charge in [0.1, 0.15) is 18.1 Å². The van der Waals surface area contributed by atoms with Crippen LogP contribution < -0.4 is 10.1 Å². The van der Waals surface area contributed by atoms with Crippen LogP contribution in [0.3, 0.4) is 0 Å². The minimum absolute atomic E-state index is 0.161. The molecule has 0 fully saturated rings. The van der Waals surface area contributed by atoms with Crippen LogP contribution in [0.4, 0.5) is 0 Å². The summed E-state index contributed by atoms with van der Waals surface area (Å²) < 4.78 is 7.55. The Kier molecular flexibility index (Phi) is 6.43. The summed E-state index contributed by atoms with van der Waals surface area (Å²) in [6.45, 7) is 3.43. The van der Waals surface area contributed by atoms with Crippen LogP contribution in [0.2, 0.25) is 0 Å². The molecule has 0 aliphatic carbocycles. The average Bonchev–Trinajstić information content (AvgIpc) is 3.22. The number of hydrogen-bond donors (Lipinski definition) is 1. The number of amides is 1. The molecule has 1 N–H and O–H groups in total. The summed E-state index contributed by atoms with van der Waals surface area (Å²) in [4.78, 5) is 13.0. The van der Waals surface area contributed by atoms with Crippen LogP contribution >= 0.6 is 0 Å². The van der Waals surface area contributed by atoms with Crippen molar-refractivity contribution in [2.45, 2.75) is 13.5 Å². The van der Waals surface area contributed by atoms with Crippen LogP contribution in [0.25, 0.3) is 11.3 Å². The molecule has 3 aromatic carbocycles. The van der Waals surface area contributed by atoms with E-state index in [0.717, 1.165) is 22.4 Å². The first-order valence-corrected chi connectivity index (χ1v) is 10.3. The van der Waals surface area contributed by atoms with Crippen molar-refractivity contribution in [3.05, 3.63) is 108 Å². The molecule has 0 bridgehead atoms. The van der Waals surface area contributed by atoms with E-state index in [4.69, 9.17) is 9.84 Å². The van der Waals surface area contributed by atoms with Gasteiger partial charge in [-0.1, -0.05) is 72.8 Å². The van der Waals surface area contributed by atoms with Crippen LogP contribution in [-0.2, 0) is 6.54 Å². The van der Waals surface area contributed by atoms with E-state index in [1.165, 1.54) is 0 Å². The van der Waals surface area contributed by atoms with Gasteiger partial charge in [-0.05, 0) is 30.2 Å². The van der Waals surface area contributed by atoms with Crippen molar-refractivity contribution in [3.8, 4) is 17.0 Å². The average molecular weight is 412 g/mol. The lowest BCUT2D eigenvalue weighted by Crippen LogP contribution is -2.28. The van der Waals surface area contributed by atoms with Crippen molar-refractivity contribution in [3.63, 3.8) is 0 Å². The third kappa shape index (κ3) is 5.39. The van der Waals surface area contributed by atoms with Crippen LogP contribution in [0.5, 0.6) is 5.75 Å². The number of carbonyl (C=O) groups excluding carboxylic acids is 1. The quantitative estimate of drug-likeness (QED) is 0.427. The summed E-state index contributed by atoms with van der Waals surface area (Å²) in [6, 6.07) is 27.7. The Hall–Kier alpha value is -3.86. The van der Waals surface area contributed by atoms with Gasteiger partial charge in [0, 0.05) is 11.8 Å². The Morgan fingerprint density at radius 1 is 0.968 bits per heavy atom. The minimum Gasteiger partial charge on any atom is -0.492 e. The van der Waals surface area contributed by atoms with E-state index in [-0.39, 0.29) is 5.91 Å². The molecule has 4 rings (SSSR count). The highest BCUT2D eigenvalue weighted by atomic mass is 16.5. The second-order valence-corrected chi connectivity index (χ2v) is 7.36. The zero-order chi connectivity index (χ0) is 21.5. The molecular weight excluding hydrogens is 386 g/mol. The zero-order valence-electron chi connectivity index (χ0n) is 17.5. The van der Waals surface area contributed by atoms with Gasteiger partial charge in [0.25, 0.3) is 5.91 Å². The van der Waals surface area contributed by atoms with Gasteiger partial charge in [0.2, 0.25) is 0 Å². The second kappa shape index (κ2) is 9.76. The highest BCUT2D eigenvalue weighted by Crippen LogP contribution is 2.22. The third-order valence-corrected chi connectivity index (χ3v) is 4.89. The highest BCUT2D eigenvalue weighted by molar-refractivity contribution is 5.99. The summed E-state index contributed by atoms with van der Waals surface area (Å²) in [7, 11) is 0. The van der Waals surface area contributed by atoms with Crippen molar-refractivity contribution in [1.29, 1.82) is 0 Å². The van der Waals surface area contributed by atoms with Gasteiger partial charge in [0.05, 0.1) is 18.7 Å². The van der Waals surface area contributed by atoms with Gasteiger partial charge in [-0.15, -0.1) is 0 Å². The number of carbonyl (C=O) groups is 1. The molecule has 156 valence electrons. The zero-order valence-corrected chi connectivity index (χ0v) is 17.5. The molecule has 1 heterocycles. The normalized spacial score (nSPS) is 10.6. The largest absolute Gasteiger partial charge is 0.492 e. The maximum atomic E-state index is 13.0. The first-order chi connectivity index (χ1) is 15.2. The SMILES string of the molecule is Cc1cccc(OCCNC(=O)c2cn(Cc3ccccc3)nc2-c2ccccc2)c1. The van der Waals surface area contributed by atoms with E-state index in [0.29, 0.717) is 31.0 Å². The second-order valence-electron chi connectivity index (χ2n) is 7.36. The topological polar surface area (TPSA) is 56.1 Å². The Morgan fingerprint density at radius 2 is 1.71 bits per heavy atom. The number of aryl methyl sites for hydroxylation is 1. The summed E-state index contributed by atoms with van der Waals surface area (Å²) >= 11 is 0. The molecule has 0 radical (unpaired) electrons. The molecule has 0 spiro atoms. The number of nitrogens with zero attached hydrogens (tertiary/aromatic N) is 2. The van der Waals surface area contributed by atoms with Crippen LogP contribution in [0.1, 0.15) is 21.5 Å². The maximum Gasteiger partial charge on any atom is 0.255 e. The fourth-order valence-corrected chi connectivity index (χ4v) is 3.38. The molecule has 0 saturated heterocycles. The number of rotatable bonds is 8. The predicted molar refractivity (Wildman–Crippen MR) is 122 cm³/mol. The van der Waals surface area contributed by atoms with E-state index < -0.39 is 0 Å². The summed E-state index contributed by atoms with van der Waals surface area (Å²) in [5.74, 6) is 0.640. The first-order valence-electron chi connectivity index (χ1n) is 10.3. The molecule has 0 unspecified atom stereocenters. The molecule has 0 saturated carbocycles. The van der Waals surface area contributed by atoms with Gasteiger partial charge >= 0.3 is 0 Å². The molecule has 4 aromatic rings. The van der Waals surface area contributed by atoms with Crippen LogP contribution in [-0.4, -0.2) is 28.8 Å².